The molecule has 2 aromatic heterocycles. The first-order chi connectivity index (χ1) is 12.9. The molecule has 0 amide bonds. The van der Waals surface area contributed by atoms with Crippen LogP contribution in [0.3, 0.4) is 0 Å². The highest BCUT2D eigenvalue weighted by Crippen LogP contribution is 2.24. The van der Waals surface area contributed by atoms with Crippen LogP contribution in [0, 0.1) is 6.92 Å². The molecule has 0 bridgehead atoms. The van der Waals surface area contributed by atoms with Gasteiger partial charge in [0.1, 0.15) is 17.5 Å². The fraction of sp³-hybridized carbons (Fsp3) is 0.588. The lowest BCUT2D eigenvalue weighted by molar-refractivity contribution is 0.382. The van der Waals surface area contributed by atoms with E-state index in [9.17, 15) is 8.42 Å². The summed E-state index contributed by atoms with van der Waals surface area (Å²) < 4.78 is 28.6. The minimum Gasteiger partial charge on any atom is -0.356 e. The summed E-state index contributed by atoms with van der Waals surface area (Å²) in [5.41, 5.74) is 0. The van der Waals surface area contributed by atoms with Crippen molar-refractivity contribution in [3.63, 3.8) is 0 Å². The number of hydrogen-bond donors (Lipinski definition) is 0. The van der Waals surface area contributed by atoms with Gasteiger partial charge in [0.15, 0.2) is 5.03 Å². The molecule has 146 valence electrons. The van der Waals surface area contributed by atoms with Crippen molar-refractivity contribution in [3.05, 3.63) is 24.4 Å². The maximum atomic E-state index is 12.7. The van der Waals surface area contributed by atoms with Gasteiger partial charge in [0, 0.05) is 58.6 Å². The molecule has 0 aliphatic carbocycles. The van der Waals surface area contributed by atoms with Gasteiger partial charge in [0.2, 0.25) is 0 Å². The molecule has 0 spiro atoms. The van der Waals surface area contributed by atoms with Crippen LogP contribution < -0.4 is 9.80 Å². The zero-order valence-corrected chi connectivity index (χ0v) is 16.6. The molecule has 0 N–H and O–H groups in total. The van der Waals surface area contributed by atoms with Gasteiger partial charge in [-0.1, -0.05) is 0 Å². The van der Waals surface area contributed by atoms with Gasteiger partial charge in [-0.05, 0) is 19.8 Å². The number of hydrogen-bond acceptors (Lipinski definition) is 7. The number of piperazine rings is 1. The second-order valence-electron chi connectivity index (χ2n) is 7.09. The Bertz CT molecular complexity index is 913. The van der Waals surface area contributed by atoms with Crippen LogP contribution in [0.2, 0.25) is 0 Å². The summed E-state index contributed by atoms with van der Waals surface area (Å²) in [6.45, 7) is 6.01. The molecule has 0 radical (unpaired) electrons. The molecular formula is C17H25N7O2S. The SMILES string of the molecule is Cc1nc(N2CCCC2)cc(N2CCN(S(=O)(=O)c3cn(C)cn3)CC2)n1. The number of anilines is 2. The molecule has 2 aliphatic rings. The van der Waals surface area contributed by atoms with Gasteiger partial charge in [0.05, 0.1) is 6.33 Å². The van der Waals surface area contributed by atoms with Gasteiger partial charge < -0.3 is 14.4 Å². The van der Waals surface area contributed by atoms with E-state index in [0.29, 0.717) is 26.2 Å². The fourth-order valence-electron chi connectivity index (χ4n) is 3.62. The average molecular weight is 392 g/mol. The van der Waals surface area contributed by atoms with E-state index in [1.54, 1.807) is 11.6 Å². The number of imidazole rings is 1. The molecule has 10 heteroatoms. The third kappa shape index (κ3) is 3.63. The molecule has 0 unspecified atom stereocenters. The summed E-state index contributed by atoms with van der Waals surface area (Å²) in [6, 6.07) is 2.03. The molecule has 0 saturated carbocycles. The van der Waals surface area contributed by atoms with Crippen molar-refractivity contribution in [1.82, 2.24) is 23.8 Å². The third-order valence-corrected chi connectivity index (χ3v) is 6.87. The summed E-state index contributed by atoms with van der Waals surface area (Å²) in [7, 11) is -1.78. The van der Waals surface area contributed by atoms with E-state index in [4.69, 9.17) is 0 Å². The van der Waals surface area contributed by atoms with Crippen molar-refractivity contribution >= 4 is 21.7 Å². The van der Waals surface area contributed by atoms with Crippen LogP contribution in [-0.4, -0.2) is 71.5 Å². The lowest BCUT2D eigenvalue weighted by Gasteiger charge is -2.34. The van der Waals surface area contributed by atoms with Gasteiger partial charge in [0.25, 0.3) is 10.0 Å². The predicted octanol–water partition coefficient (Wildman–Crippen LogP) is 0.630. The number of aryl methyl sites for hydroxylation is 2. The quantitative estimate of drug-likeness (QED) is 0.755. The maximum Gasteiger partial charge on any atom is 0.262 e. The predicted molar refractivity (Wildman–Crippen MR) is 102 cm³/mol. The Labute approximate surface area is 159 Å². The van der Waals surface area contributed by atoms with Crippen LogP contribution in [-0.2, 0) is 17.1 Å². The molecule has 9 nitrogen and oxygen atoms in total. The Balaban J connectivity index is 1.48. The first kappa shape index (κ1) is 18.2. The van der Waals surface area contributed by atoms with Crippen molar-refractivity contribution in [2.45, 2.75) is 24.8 Å². The minimum absolute atomic E-state index is 0.104. The number of aromatic nitrogens is 4. The Morgan fingerprint density at radius 2 is 1.52 bits per heavy atom. The number of nitrogens with zero attached hydrogens (tertiary/aromatic N) is 7. The highest BCUT2D eigenvalue weighted by molar-refractivity contribution is 7.89. The van der Waals surface area contributed by atoms with Gasteiger partial charge in [-0.3, -0.25) is 0 Å². The Morgan fingerprint density at radius 3 is 2.07 bits per heavy atom. The second-order valence-corrected chi connectivity index (χ2v) is 8.98. The first-order valence-corrected chi connectivity index (χ1v) is 10.7. The molecule has 2 aliphatic heterocycles. The average Bonchev–Trinajstić information content (AvgIpc) is 3.33. The molecule has 4 rings (SSSR count). The van der Waals surface area contributed by atoms with Crippen LogP contribution in [0.25, 0.3) is 0 Å². The van der Waals surface area contributed by atoms with Crippen molar-refractivity contribution in [1.29, 1.82) is 0 Å². The van der Waals surface area contributed by atoms with Gasteiger partial charge in [-0.15, -0.1) is 0 Å². The zero-order valence-electron chi connectivity index (χ0n) is 15.7. The van der Waals surface area contributed by atoms with Gasteiger partial charge in [-0.25, -0.2) is 23.4 Å². The van der Waals surface area contributed by atoms with Crippen LogP contribution in [0.1, 0.15) is 18.7 Å². The summed E-state index contributed by atoms with van der Waals surface area (Å²) in [5.74, 6) is 2.59. The smallest absolute Gasteiger partial charge is 0.262 e. The third-order valence-electron chi connectivity index (χ3n) is 5.09. The summed E-state index contributed by atoms with van der Waals surface area (Å²) in [4.78, 5) is 17.6. The lowest BCUT2D eigenvalue weighted by Crippen LogP contribution is -2.49. The standard InChI is InChI=1S/C17H25N7O2S/c1-14-19-15(22-5-3-4-6-22)11-16(20-14)23-7-9-24(10-8-23)27(25,26)17-12-21(2)13-18-17/h11-13H,3-10H2,1-2H3. The zero-order chi connectivity index (χ0) is 19.0. The normalized spacial score (nSPS) is 19.0. The molecular weight excluding hydrogens is 366 g/mol. The van der Waals surface area contributed by atoms with Crippen LogP contribution >= 0.6 is 0 Å². The Kier molecular flexibility index (Phi) is 4.77. The van der Waals surface area contributed by atoms with E-state index in [2.05, 4.69) is 24.8 Å². The summed E-state index contributed by atoms with van der Waals surface area (Å²) in [5, 5.41) is 0.104. The van der Waals surface area contributed by atoms with E-state index >= 15 is 0 Å². The fourth-order valence-corrected chi connectivity index (χ4v) is 5.01. The van der Waals surface area contributed by atoms with E-state index in [1.165, 1.54) is 29.7 Å². The van der Waals surface area contributed by atoms with Crippen LogP contribution in [0.4, 0.5) is 11.6 Å². The van der Waals surface area contributed by atoms with Crippen LogP contribution in [0.15, 0.2) is 23.6 Å². The monoisotopic (exact) mass is 391 g/mol. The largest absolute Gasteiger partial charge is 0.356 e. The minimum atomic E-state index is -3.54. The first-order valence-electron chi connectivity index (χ1n) is 9.27. The maximum absolute atomic E-state index is 12.7. The second kappa shape index (κ2) is 7.08. The van der Waals surface area contributed by atoms with Crippen molar-refractivity contribution in [2.75, 3.05) is 49.1 Å². The molecule has 2 fully saturated rings. The molecule has 4 heterocycles. The number of rotatable bonds is 4. The Morgan fingerprint density at radius 1 is 0.926 bits per heavy atom. The molecule has 27 heavy (non-hydrogen) atoms. The van der Waals surface area contributed by atoms with E-state index in [0.717, 1.165) is 30.5 Å². The topological polar surface area (TPSA) is 87.5 Å². The molecule has 2 aromatic rings. The highest BCUT2D eigenvalue weighted by atomic mass is 32.2. The van der Waals surface area contributed by atoms with E-state index < -0.39 is 10.0 Å². The lowest BCUT2D eigenvalue weighted by atomic mass is 10.3. The summed E-state index contributed by atoms with van der Waals surface area (Å²) in [6.07, 6.45) is 5.44. The van der Waals surface area contributed by atoms with Crippen LogP contribution in [0.5, 0.6) is 0 Å². The molecule has 2 saturated heterocycles. The van der Waals surface area contributed by atoms with Gasteiger partial charge >= 0.3 is 0 Å². The van der Waals surface area contributed by atoms with E-state index in [1.807, 2.05) is 13.0 Å². The van der Waals surface area contributed by atoms with Crippen molar-refractivity contribution in [3.8, 4) is 0 Å². The number of sulfonamides is 1. The van der Waals surface area contributed by atoms with Gasteiger partial charge in [-0.2, -0.15) is 4.31 Å². The summed E-state index contributed by atoms with van der Waals surface area (Å²) >= 11 is 0. The van der Waals surface area contributed by atoms with E-state index in [-0.39, 0.29) is 5.03 Å². The molecule has 0 aromatic carbocycles. The van der Waals surface area contributed by atoms with Crippen molar-refractivity contribution in [2.24, 2.45) is 7.05 Å². The molecule has 0 atom stereocenters. The van der Waals surface area contributed by atoms with Crippen molar-refractivity contribution < 1.29 is 8.42 Å². The highest BCUT2D eigenvalue weighted by Gasteiger charge is 2.31. The Hall–Kier alpha value is -2.20.